The maximum atomic E-state index is 7.61. The summed E-state index contributed by atoms with van der Waals surface area (Å²) in [6.45, 7) is 20.1. The second-order valence-electron chi connectivity index (χ2n) is 1.21. The summed E-state index contributed by atoms with van der Waals surface area (Å²) in [5.74, 6) is 0. The zero-order valence-electron chi connectivity index (χ0n) is 13.6. The highest BCUT2D eigenvalue weighted by Gasteiger charge is 1.86. The molecule has 0 aromatic heterocycles. The maximum absolute atomic E-state index is 7.61. The fraction of sp³-hybridized carbons (Fsp3) is 1.00. The largest absolute Gasteiger partial charge is 0.448 e. The number of rotatable bonds is 1. The fourth-order valence-electron chi connectivity index (χ4n) is 0. The molecule has 0 aliphatic heterocycles. The molecule has 0 fully saturated rings. The first-order valence-electron chi connectivity index (χ1n) is 6.50. The van der Waals surface area contributed by atoms with Crippen molar-refractivity contribution in [3.63, 3.8) is 0 Å². The second-order valence-corrected chi connectivity index (χ2v) is 1.21. The average molecular weight is 240 g/mol. The van der Waals surface area contributed by atoms with Crippen molar-refractivity contribution in [2.24, 2.45) is 0 Å². The Morgan fingerprint density at radius 1 is 0.812 bits per heavy atom. The van der Waals surface area contributed by atoms with E-state index in [4.69, 9.17) is 10.0 Å². The van der Waals surface area contributed by atoms with Gasteiger partial charge in [-0.3, -0.25) is 0 Å². The van der Waals surface area contributed by atoms with Gasteiger partial charge in [0.2, 0.25) is 0 Å². The molecule has 0 aliphatic carbocycles. The summed E-state index contributed by atoms with van der Waals surface area (Å²) in [6.07, 6.45) is 0. The quantitative estimate of drug-likeness (QED) is 0.684. The summed E-state index contributed by atoms with van der Waals surface area (Å²) < 4.78 is 4.54. The van der Waals surface area contributed by atoms with Crippen molar-refractivity contribution in [1.29, 1.82) is 0 Å². The molecule has 0 spiro atoms. The van der Waals surface area contributed by atoms with Crippen molar-refractivity contribution in [3.05, 3.63) is 0 Å². The van der Waals surface area contributed by atoms with Crippen LogP contribution in [0.1, 0.15) is 62.3 Å². The van der Waals surface area contributed by atoms with Crippen LogP contribution in [0.3, 0.4) is 0 Å². The lowest BCUT2D eigenvalue weighted by atomic mass is 9.99. The van der Waals surface area contributed by atoms with Gasteiger partial charge in [0.15, 0.2) is 0 Å². The Labute approximate surface area is 105 Å². The zero-order valence-corrected chi connectivity index (χ0v) is 13.6. The van der Waals surface area contributed by atoms with Gasteiger partial charge >= 0.3 is 7.12 Å². The van der Waals surface area contributed by atoms with Crippen molar-refractivity contribution in [1.82, 2.24) is 0 Å². The number of ether oxygens (including phenoxy) is 1. The van der Waals surface area contributed by atoms with Crippen LogP contribution in [0.15, 0.2) is 0 Å². The normalized spacial score (nSPS) is 5.06. The minimum atomic E-state index is -1.17. The van der Waals surface area contributed by atoms with Crippen LogP contribution in [0, 0.1) is 0 Å². The molecule has 0 saturated heterocycles. The Balaban J connectivity index is -0.0000000196. The Hall–Kier alpha value is -0.0551. The average Bonchev–Trinajstić information content (AvgIpc) is 2.38. The van der Waals surface area contributed by atoms with Crippen LogP contribution in [-0.2, 0) is 4.74 Å². The number of methoxy groups -OCH3 is 1. The monoisotopic (exact) mass is 240 g/mol. The van der Waals surface area contributed by atoms with Gasteiger partial charge in [-0.05, 0) is 13.7 Å². The minimum absolute atomic E-state index is 0.819. The third-order valence-electron chi connectivity index (χ3n) is 0.289. The van der Waals surface area contributed by atoms with Crippen molar-refractivity contribution < 1.29 is 14.8 Å². The molecule has 3 nitrogen and oxygen atoms in total. The molecule has 0 heterocycles. The molecule has 2 N–H and O–H groups in total. The van der Waals surface area contributed by atoms with Gasteiger partial charge in [-0.15, -0.1) is 0 Å². The van der Waals surface area contributed by atoms with E-state index in [1.165, 1.54) is 6.82 Å². The van der Waals surface area contributed by atoms with Gasteiger partial charge in [-0.25, -0.2) is 0 Å². The predicted molar refractivity (Wildman–Crippen MR) is 79.0 cm³/mol. The Kier molecular flexibility index (Phi) is 267. The van der Waals surface area contributed by atoms with Gasteiger partial charge in [-0.1, -0.05) is 55.4 Å². The standard InChI is InChI=1S/C3H8O.4C2H6.CH5BO2/c1-3-4-2;4*1-2;1-2(3)4/h3H2,1-2H3;4*1-2H3;3-4H,1H3. The highest BCUT2D eigenvalue weighted by atomic mass is 16.5. The molecule has 0 radical (unpaired) electrons. The van der Waals surface area contributed by atoms with Crippen molar-refractivity contribution in [2.75, 3.05) is 13.7 Å². The lowest BCUT2D eigenvalue weighted by Crippen LogP contribution is -2.00. The molecule has 0 amide bonds. The van der Waals surface area contributed by atoms with Crippen molar-refractivity contribution in [2.45, 2.75) is 69.1 Å². The third-order valence-corrected chi connectivity index (χ3v) is 0.289. The molecule has 16 heavy (non-hydrogen) atoms. The molecular formula is C12H37BO3. The lowest BCUT2D eigenvalue weighted by Gasteiger charge is -1.76. The van der Waals surface area contributed by atoms with Crippen LogP contribution in [0.25, 0.3) is 0 Å². The van der Waals surface area contributed by atoms with Crippen LogP contribution >= 0.6 is 0 Å². The Bertz CT molecular complexity index is 32.7. The summed E-state index contributed by atoms with van der Waals surface area (Å²) in [4.78, 5) is 0. The van der Waals surface area contributed by atoms with Gasteiger partial charge in [0, 0.05) is 13.7 Å². The van der Waals surface area contributed by atoms with Gasteiger partial charge in [0.25, 0.3) is 0 Å². The second kappa shape index (κ2) is 119. The van der Waals surface area contributed by atoms with Crippen molar-refractivity contribution in [3.8, 4) is 0 Å². The first kappa shape index (κ1) is 36.0. The van der Waals surface area contributed by atoms with E-state index in [1.807, 2.05) is 62.3 Å². The van der Waals surface area contributed by atoms with Crippen LogP contribution in [0.4, 0.5) is 0 Å². The molecular weight excluding hydrogens is 203 g/mol. The predicted octanol–water partition coefficient (Wildman–Crippen LogP) is 3.85. The van der Waals surface area contributed by atoms with E-state index in [0.717, 1.165) is 6.61 Å². The molecule has 0 rings (SSSR count). The smallest absolute Gasteiger partial charge is 0.427 e. The Morgan fingerprint density at radius 3 is 0.875 bits per heavy atom. The van der Waals surface area contributed by atoms with Crippen LogP contribution in [0.5, 0.6) is 0 Å². The van der Waals surface area contributed by atoms with Crippen molar-refractivity contribution >= 4 is 7.12 Å². The molecule has 0 atom stereocenters. The molecule has 0 aromatic carbocycles. The lowest BCUT2D eigenvalue weighted by molar-refractivity contribution is 0.215. The van der Waals surface area contributed by atoms with Crippen LogP contribution in [-0.4, -0.2) is 30.9 Å². The van der Waals surface area contributed by atoms with Crippen LogP contribution in [0.2, 0.25) is 6.82 Å². The summed E-state index contributed by atoms with van der Waals surface area (Å²) in [5, 5.41) is 15.2. The van der Waals surface area contributed by atoms with Gasteiger partial charge in [0.1, 0.15) is 0 Å². The maximum Gasteiger partial charge on any atom is 0.448 e. The van der Waals surface area contributed by atoms with Gasteiger partial charge in [-0.2, -0.15) is 0 Å². The molecule has 106 valence electrons. The summed E-state index contributed by atoms with van der Waals surface area (Å²) in [6, 6.07) is 0. The summed E-state index contributed by atoms with van der Waals surface area (Å²) in [7, 11) is 0.514. The van der Waals surface area contributed by atoms with E-state index in [9.17, 15) is 0 Å². The highest BCUT2D eigenvalue weighted by Crippen LogP contribution is 1.52. The first-order valence-corrected chi connectivity index (χ1v) is 6.50. The molecule has 0 saturated carbocycles. The summed E-state index contributed by atoms with van der Waals surface area (Å²) in [5.41, 5.74) is 0. The molecule has 0 aromatic rings. The molecule has 0 bridgehead atoms. The number of hydrogen-bond donors (Lipinski definition) is 2. The number of hydrogen-bond acceptors (Lipinski definition) is 3. The topological polar surface area (TPSA) is 49.7 Å². The highest BCUT2D eigenvalue weighted by molar-refractivity contribution is 6.38. The zero-order chi connectivity index (χ0) is 15.0. The third kappa shape index (κ3) is 2620. The van der Waals surface area contributed by atoms with E-state index in [0.29, 0.717) is 0 Å². The molecule has 0 aliphatic rings. The van der Waals surface area contributed by atoms with E-state index in [1.54, 1.807) is 7.11 Å². The molecule has 4 heteroatoms. The Morgan fingerprint density at radius 2 is 0.875 bits per heavy atom. The van der Waals surface area contributed by atoms with E-state index < -0.39 is 7.12 Å². The van der Waals surface area contributed by atoms with Crippen LogP contribution < -0.4 is 0 Å². The van der Waals surface area contributed by atoms with E-state index >= 15 is 0 Å². The fourth-order valence-corrected chi connectivity index (χ4v) is 0. The molecule has 0 unspecified atom stereocenters. The van der Waals surface area contributed by atoms with E-state index in [-0.39, 0.29) is 0 Å². The first-order chi connectivity index (χ1) is 7.65. The van der Waals surface area contributed by atoms with Gasteiger partial charge in [0.05, 0.1) is 0 Å². The van der Waals surface area contributed by atoms with E-state index in [2.05, 4.69) is 4.74 Å². The summed E-state index contributed by atoms with van der Waals surface area (Å²) >= 11 is 0. The van der Waals surface area contributed by atoms with Gasteiger partial charge < -0.3 is 14.8 Å². The SMILES string of the molecule is CB(O)O.CC.CC.CC.CC.CCOC. The minimum Gasteiger partial charge on any atom is -0.427 e.